The lowest BCUT2D eigenvalue weighted by Gasteiger charge is -2.28. The largest absolute Gasteiger partial charge is 0.353 e. The molecule has 0 aromatic carbocycles. The number of aromatic nitrogens is 2. The first-order valence-corrected chi connectivity index (χ1v) is 5.00. The van der Waals surface area contributed by atoms with Gasteiger partial charge in [0.25, 0.3) is 0 Å². The quantitative estimate of drug-likeness (QED) is 0.699. The van der Waals surface area contributed by atoms with Gasteiger partial charge in [0.05, 0.1) is 6.20 Å². The van der Waals surface area contributed by atoms with E-state index in [0.717, 1.165) is 32.0 Å². The zero-order valence-electron chi connectivity index (χ0n) is 8.69. The average molecular weight is 203 g/mol. The predicted molar refractivity (Wildman–Crippen MR) is 56.6 cm³/mol. The van der Waals surface area contributed by atoms with E-state index in [1.165, 1.54) is 0 Å². The van der Waals surface area contributed by atoms with E-state index in [-0.39, 0.29) is 0 Å². The maximum atomic E-state index is 8.97. The summed E-state index contributed by atoms with van der Waals surface area (Å²) in [6, 6.07) is 2.13. The summed E-state index contributed by atoms with van der Waals surface area (Å²) < 4.78 is 0. The lowest BCUT2D eigenvalue weighted by atomic mass is 10.2. The fourth-order valence-electron chi connectivity index (χ4n) is 1.65. The van der Waals surface area contributed by atoms with Crippen molar-refractivity contribution in [1.29, 1.82) is 5.26 Å². The molecule has 5 heteroatoms. The predicted octanol–water partition coefficient (Wildman–Crippen LogP) is 0.0663. The van der Waals surface area contributed by atoms with E-state index in [2.05, 4.69) is 26.3 Å². The van der Waals surface area contributed by atoms with Crippen molar-refractivity contribution in [1.82, 2.24) is 15.3 Å². The standard InChI is InChI=1S/C10H13N5/c1-8-13-7-9(6-11)10(14-8)15-4-2-12-3-5-15/h7,12H,2-5H2,1H3. The highest BCUT2D eigenvalue weighted by Crippen LogP contribution is 2.16. The number of rotatable bonds is 1. The summed E-state index contributed by atoms with van der Waals surface area (Å²) in [5.41, 5.74) is 0.558. The summed E-state index contributed by atoms with van der Waals surface area (Å²) in [5, 5.41) is 12.2. The maximum absolute atomic E-state index is 8.97. The number of piperazine rings is 1. The Balaban J connectivity index is 2.32. The van der Waals surface area contributed by atoms with Gasteiger partial charge in [0.2, 0.25) is 0 Å². The minimum atomic E-state index is 0.558. The Labute approximate surface area is 88.8 Å². The minimum absolute atomic E-state index is 0.558. The van der Waals surface area contributed by atoms with Gasteiger partial charge in [-0.15, -0.1) is 0 Å². The van der Waals surface area contributed by atoms with E-state index in [4.69, 9.17) is 5.26 Å². The van der Waals surface area contributed by atoms with E-state index in [1.807, 2.05) is 6.92 Å². The number of nitrogens with zero attached hydrogens (tertiary/aromatic N) is 4. The second-order valence-corrected chi connectivity index (χ2v) is 3.50. The molecule has 0 saturated carbocycles. The molecule has 0 bridgehead atoms. The van der Waals surface area contributed by atoms with Crippen LogP contribution in [0.5, 0.6) is 0 Å². The Kier molecular flexibility index (Phi) is 2.79. The van der Waals surface area contributed by atoms with Gasteiger partial charge >= 0.3 is 0 Å². The highest BCUT2D eigenvalue weighted by atomic mass is 15.2. The highest BCUT2D eigenvalue weighted by Gasteiger charge is 2.15. The Morgan fingerprint density at radius 2 is 2.20 bits per heavy atom. The molecule has 78 valence electrons. The van der Waals surface area contributed by atoms with Crippen LogP contribution in [0.25, 0.3) is 0 Å². The second kappa shape index (κ2) is 4.24. The number of hydrogen-bond acceptors (Lipinski definition) is 5. The van der Waals surface area contributed by atoms with Gasteiger partial charge in [0.1, 0.15) is 23.3 Å². The van der Waals surface area contributed by atoms with Crippen molar-refractivity contribution in [3.8, 4) is 6.07 Å². The molecule has 1 aliphatic heterocycles. The van der Waals surface area contributed by atoms with E-state index < -0.39 is 0 Å². The molecule has 1 N–H and O–H groups in total. The molecule has 15 heavy (non-hydrogen) atoms. The maximum Gasteiger partial charge on any atom is 0.150 e. The van der Waals surface area contributed by atoms with Gasteiger partial charge in [-0.25, -0.2) is 9.97 Å². The average Bonchev–Trinajstić information content (AvgIpc) is 2.30. The molecule has 1 aromatic heterocycles. The van der Waals surface area contributed by atoms with Crippen LogP contribution in [0.4, 0.5) is 5.82 Å². The van der Waals surface area contributed by atoms with Crippen molar-refractivity contribution in [2.45, 2.75) is 6.92 Å². The summed E-state index contributed by atoms with van der Waals surface area (Å²) in [4.78, 5) is 10.5. The normalized spacial score (nSPS) is 16.1. The Morgan fingerprint density at radius 1 is 1.47 bits per heavy atom. The van der Waals surface area contributed by atoms with Crippen molar-refractivity contribution >= 4 is 5.82 Å². The SMILES string of the molecule is Cc1ncc(C#N)c(N2CCNCC2)n1. The third-order valence-electron chi connectivity index (χ3n) is 2.43. The van der Waals surface area contributed by atoms with Gasteiger partial charge in [-0.2, -0.15) is 5.26 Å². The summed E-state index contributed by atoms with van der Waals surface area (Å²) >= 11 is 0. The van der Waals surface area contributed by atoms with Crippen LogP contribution in [-0.4, -0.2) is 36.1 Å². The van der Waals surface area contributed by atoms with Crippen LogP contribution in [0.1, 0.15) is 11.4 Å². The van der Waals surface area contributed by atoms with E-state index in [0.29, 0.717) is 11.4 Å². The fraction of sp³-hybridized carbons (Fsp3) is 0.500. The van der Waals surface area contributed by atoms with Crippen LogP contribution in [0.2, 0.25) is 0 Å². The number of nitrogens with one attached hydrogen (secondary N) is 1. The lowest BCUT2D eigenvalue weighted by molar-refractivity contribution is 0.583. The Bertz CT molecular complexity index is 389. The van der Waals surface area contributed by atoms with Gasteiger partial charge in [-0.05, 0) is 6.92 Å². The molecule has 0 unspecified atom stereocenters. The molecule has 0 spiro atoms. The van der Waals surface area contributed by atoms with E-state index in [1.54, 1.807) is 6.20 Å². The first-order chi connectivity index (χ1) is 7.31. The van der Waals surface area contributed by atoms with Crippen molar-refractivity contribution in [2.75, 3.05) is 31.1 Å². The molecule has 1 aromatic rings. The van der Waals surface area contributed by atoms with Gasteiger partial charge in [0.15, 0.2) is 0 Å². The molecule has 1 fully saturated rings. The van der Waals surface area contributed by atoms with E-state index >= 15 is 0 Å². The molecule has 0 amide bonds. The first-order valence-electron chi connectivity index (χ1n) is 5.00. The molecule has 0 radical (unpaired) electrons. The Morgan fingerprint density at radius 3 is 2.87 bits per heavy atom. The monoisotopic (exact) mass is 203 g/mol. The van der Waals surface area contributed by atoms with Crippen LogP contribution in [0.15, 0.2) is 6.20 Å². The fourth-order valence-corrected chi connectivity index (χ4v) is 1.65. The third kappa shape index (κ3) is 2.05. The molecular weight excluding hydrogens is 190 g/mol. The third-order valence-corrected chi connectivity index (χ3v) is 2.43. The van der Waals surface area contributed by atoms with Crippen molar-refractivity contribution < 1.29 is 0 Å². The zero-order chi connectivity index (χ0) is 10.7. The first kappa shape index (κ1) is 9.87. The number of anilines is 1. The molecule has 0 atom stereocenters. The number of aryl methyl sites for hydroxylation is 1. The smallest absolute Gasteiger partial charge is 0.150 e. The highest BCUT2D eigenvalue weighted by molar-refractivity contribution is 5.53. The minimum Gasteiger partial charge on any atom is -0.353 e. The van der Waals surface area contributed by atoms with Crippen LogP contribution in [0.3, 0.4) is 0 Å². The van der Waals surface area contributed by atoms with Crippen molar-refractivity contribution in [3.05, 3.63) is 17.6 Å². The van der Waals surface area contributed by atoms with E-state index in [9.17, 15) is 0 Å². The summed E-state index contributed by atoms with van der Waals surface area (Å²) in [6.45, 7) is 5.50. The van der Waals surface area contributed by atoms with Gasteiger partial charge in [-0.1, -0.05) is 0 Å². The number of hydrogen-bond donors (Lipinski definition) is 1. The summed E-state index contributed by atoms with van der Waals surface area (Å²) in [6.07, 6.45) is 1.60. The molecule has 2 heterocycles. The van der Waals surface area contributed by atoms with Crippen LogP contribution >= 0.6 is 0 Å². The molecule has 2 rings (SSSR count). The number of nitriles is 1. The van der Waals surface area contributed by atoms with Crippen molar-refractivity contribution in [3.63, 3.8) is 0 Å². The molecule has 1 saturated heterocycles. The summed E-state index contributed by atoms with van der Waals surface area (Å²) in [7, 11) is 0. The second-order valence-electron chi connectivity index (χ2n) is 3.50. The van der Waals surface area contributed by atoms with Gasteiger partial charge in [-0.3, -0.25) is 0 Å². The molecular formula is C10H13N5. The lowest BCUT2D eigenvalue weighted by Crippen LogP contribution is -2.44. The zero-order valence-corrected chi connectivity index (χ0v) is 8.69. The van der Waals surface area contributed by atoms with Gasteiger partial charge in [0, 0.05) is 26.2 Å². The molecule has 1 aliphatic rings. The molecule has 5 nitrogen and oxygen atoms in total. The van der Waals surface area contributed by atoms with Crippen LogP contribution in [0, 0.1) is 18.3 Å². The summed E-state index contributed by atoms with van der Waals surface area (Å²) in [5.74, 6) is 1.48. The van der Waals surface area contributed by atoms with Crippen LogP contribution in [-0.2, 0) is 0 Å². The topological polar surface area (TPSA) is 64.8 Å². The van der Waals surface area contributed by atoms with Crippen LogP contribution < -0.4 is 10.2 Å². The molecule has 0 aliphatic carbocycles. The Hall–Kier alpha value is -1.67. The van der Waals surface area contributed by atoms with Gasteiger partial charge < -0.3 is 10.2 Å². The van der Waals surface area contributed by atoms with Crippen molar-refractivity contribution in [2.24, 2.45) is 0 Å².